The van der Waals surface area contributed by atoms with Crippen LogP contribution in [-0.2, 0) is 0 Å². The second-order valence-corrected chi connectivity index (χ2v) is 4.77. The maximum Gasteiger partial charge on any atom is -0.0414 e. The second kappa shape index (κ2) is 8.59. The van der Waals surface area contributed by atoms with Gasteiger partial charge in [0.15, 0.2) is 0 Å². The fourth-order valence-corrected chi connectivity index (χ4v) is 1.90. The summed E-state index contributed by atoms with van der Waals surface area (Å²) >= 11 is 0. The van der Waals surface area contributed by atoms with Crippen LogP contribution < -0.4 is 0 Å². The zero-order valence-corrected chi connectivity index (χ0v) is 10.1. The molecule has 1 atom stereocenters. The van der Waals surface area contributed by atoms with Gasteiger partial charge in [-0.1, -0.05) is 72.6 Å². The minimum atomic E-state index is 0.890. The topological polar surface area (TPSA) is 0 Å². The highest BCUT2D eigenvalue weighted by Gasteiger charge is 2.07. The van der Waals surface area contributed by atoms with Crippen LogP contribution in [0, 0.1) is 11.8 Å². The van der Waals surface area contributed by atoms with Crippen molar-refractivity contribution >= 4 is 0 Å². The molecule has 1 unspecified atom stereocenters. The molecule has 0 aromatic heterocycles. The third kappa shape index (κ3) is 8.33. The van der Waals surface area contributed by atoms with E-state index in [0.717, 1.165) is 11.8 Å². The average Bonchev–Trinajstić information content (AvgIpc) is 2.09. The molecule has 0 heterocycles. The zero-order valence-electron chi connectivity index (χ0n) is 10.1. The molecule has 0 aliphatic rings. The molecule has 0 saturated carbocycles. The SMILES string of the molecule is CCCCC(CCC)CCC(C)C. The first-order chi connectivity index (χ1) is 6.20. The van der Waals surface area contributed by atoms with E-state index in [1.807, 2.05) is 0 Å². The van der Waals surface area contributed by atoms with Crippen LogP contribution in [-0.4, -0.2) is 0 Å². The van der Waals surface area contributed by atoms with Gasteiger partial charge in [-0.2, -0.15) is 0 Å². The first kappa shape index (κ1) is 13.0. The molecule has 0 aliphatic carbocycles. The van der Waals surface area contributed by atoms with E-state index >= 15 is 0 Å². The van der Waals surface area contributed by atoms with Crippen LogP contribution in [0.1, 0.15) is 72.6 Å². The minimum Gasteiger partial charge on any atom is -0.0654 e. The van der Waals surface area contributed by atoms with Gasteiger partial charge in [0.25, 0.3) is 0 Å². The van der Waals surface area contributed by atoms with Crippen molar-refractivity contribution in [3.05, 3.63) is 0 Å². The van der Waals surface area contributed by atoms with Crippen LogP contribution in [0.5, 0.6) is 0 Å². The Morgan fingerprint density at radius 3 is 1.92 bits per heavy atom. The molecule has 0 amide bonds. The first-order valence-electron chi connectivity index (χ1n) is 6.20. The normalized spacial score (nSPS) is 13.6. The largest absolute Gasteiger partial charge is 0.0654 e. The molecule has 0 rings (SSSR count). The van der Waals surface area contributed by atoms with Gasteiger partial charge in [0.1, 0.15) is 0 Å². The highest BCUT2D eigenvalue weighted by molar-refractivity contribution is 4.60. The maximum atomic E-state index is 2.34. The van der Waals surface area contributed by atoms with Crippen molar-refractivity contribution in [3.8, 4) is 0 Å². The first-order valence-corrected chi connectivity index (χ1v) is 6.20. The lowest BCUT2D eigenvalue weighted by Gasteiger charge is -2.16. The van der Waals surface area contributed by atoms with Gasteiger partial charge in [-0.05, 0) is 11.8 Å². The van der Waals surface area contributed by atoms with Gasteiger partial charge in [-0.3, -0.25) is 0 Å². The van der Waals surface area contributed by atoms with Crippen LogP contribution in [0.15, 0.2) is 0 Å². The van der Waals surface area contributed by atoms with Gasteiger partial charge in [-0.15, -0.1) is 0 Å². The van der Waals surface area contributed by atoms with Crippen molar-refractivity contribution in [1.29, 1.82) is 0 Å². The molecule has 0 heteroatoms. The Kier molecular flexibility index (Phi) is 8.59. The summed E-state index contributed by atoms with van der Waals surface area (Å²) in [5.41, 5.74) is 0. The van der Waals surface area contributed by atoms with E-state index in [-0.39, 0.29) is 0 Å². The van der Waals surface area contributed by atoms with Crippen LogP contribution in [0.3, 0.4) is 0 Å². The summed E-state index contributed by atoms with van der Waals surface area (Å²) in [6.07, 6.45) is 9.97. The molecule has 0 saturated heterocycles. The van der Waals surface area contributed by atoms with Crippen LogP contribution >= 0.6 is 0 Å². The van der Waals surface area contributed by atoms with Crippen molar-refractivity contribution in [2.45, 2.75) is 72.6 Å². The molecule has 0 N–H and O–H groups in total. The summed E-state index contributed by atoms with van der Waals surface area (Å²) in [4.78, 5) is 0. The number of rotatable bonds is 8. The number of hydrogen-bond donors (Lipinski definition) is 0. The van der Waals surface area contributed by atoms with Gasteiger partial charge in [0.2, 0.25) is 0 Å². The van der Waals surface area contributed by atoms with Crippen molar-refractivity contribution < 1.29 is 0 Å². The molecular weight excluding hydrogens is 156 g/mol. The fourth-order valence-electron chi connectivity index (χ4n) is 1.90. The van der Waals surface area contributed by atoms with E-state index in [0.29, 0.717) is 0 Å². The van der Waals surface area contributed by atoms with Gasteiger partial charge in [-0.25, -0.2) is 0 Å². The van der Waals surface area contributed by atoms with Gasteiger partial charge in [0, 0.05) is 0 Å². The Morgan fingerprint density at radius 1 is 0.769 bits per heavy atom. The summed E-state index contributed by atoms with van der Waals surface area (Å²) < 4.78 is 0. The van der Waals surface area contributed by atoms with Crippen LogP contribution in [0.4, 0.5) is 0 Å². The van der Waals surface area contributed by atoms with Crippen molar-refractivity contribution in [2.24, 2.45) is 11.8 Å². The molecule has 13 heavy (non-hydrogen) atoms. The molecule has 0 fully saturated rings. The monoisotopic (exact) mass is 184 g/mol. The van der Waals surface area contributed by atoms with E-state index in [1.54, 1.807) is 0 Å². The summed E-state index contributed by atoms with van der Waals surface area (Å²) in [7, 11) is 0. The lowest BCUT2D eigenvalue weighted by atomic mass is 9.90. The summed E-state index contributed by atoms with van der Waals surface area (Å²) in [6.45, 7) is 9.28. The highest BCUT2D eigenvalue weighted by Crippen LogP contribution is 2.22. The molecule has 0 nitrogen and oxygen atoms in total. The molecule has 0 radical (unpaired) electrons. The van der Waals surface area contributed by atoms with Crippen molar-refractivity contribution in [1.82, 2.24) is 0 Å². The fraction of sp³-hybridized carbons (Fsp3) is 1.00. The second-order valence-electron chi connectivity index (χ2n) is 4.77. The van der Waals surface area contributed by atoms with Crippen molar-refractivity contribution in [2.75, 3.05) is 0 Å². The lowest BCUT2D eigenvalue weighted by Crippen LogP contribution is -2.02. The van der Waals surface area contributed by atoms with Gasteiger partial charge >= 0.3 is 0 Å². The van der Waals surface area contributed by atoms with E-state index in [2.05, 4.69) is 27.7 Å². The summed E-state index contributed by atoms with van der Waals surface area (Å²) in [5, 5.41) is 0. The zero-order chi connectivity index (χ0) is 10.1. The molecule has 0 aromatic rings. The molecule has 80 valence electrons. The van der Waals surface area contributed by atoms with E-state index < -0.39 is 0 Å². The maximum absolute atomic E-state index is 2.34. The van der Waals surface area contributed by atoms with Gasteiger partial charge < -0.3 is 0 Å². The Labute approximate surface area is 85.1 Å². The smallest absolute Gasteiger partial charge is 0.0414 e. The van der Waals surface area contributed by atoms with E-state index in [9.17, 15) is 0 Å². The molecule has 0 bridgehead atoms. The standard InChI is InChI=1S/C13H28/c1-5-7-9-13(8-6-2)11-10-12(3)4/h12-13H,5-11H2,1-4H3. The summed E-state index contributed by atoms with van der Waals surface area (Å²) in [6, 6.07) is 0. The average molecular weight is 184 g/mol. The van der Waals surface area contributed by atoms with E-state index in [1.165, 1.54) is 44.9 Å². The van der Waals surface area contributed by atoms with Gasteiger partial charge in [0.05, 0.1) is 0 Å². The highest BCUT2D eigenvalue weighted by atomic mass is 14.1. The Balaban J connectivity index is 3.53. The number of hydrogen-bond acceptors (Lipinski definition) is 0. The molecule has 0 aromatic carbocycles. The van der Waals surface area contributed by atoms with Crippen LogP contribution in [0.25, 0.3) is 0 Å². The molecule has 0 spiro atoms. The van der Waals surface area contributed by atoms with E-state index in [4.69, 9.17) is 0 Å². The predicted molar refractivity (Wildman–Crippen MR) is 62.0 cm³/mol. The molecule has 0 aliphatic heterocycles. The van der Waals surface area contributed by atoms with Crippen molar-refractivity contribution in [3.63, 3.8) is 0 Å². The Bertz CT molecular complexity index is 94.2. The molecular formula is C13H28. The Hall–Kier alpha value is 0. The van der Waals surface area contributed by atoms with Crippen LogP contribution in [0.2, 0.25) is 0 Å². The lowest BCUT2D eigenvalue weighted by molar-refractivity contribution is 0.366. The third-order valence-corrected chi connectivity index (χ3v) is 2.82. The Morgan fingerprint density at radius 2 is 1.46 bits per heavy atom. The number of unbranched alkanes of at least 4 members (excludes halogenated alkanes) is 1. The quantitative estimate of drug-likeness (QED) is 0.496. The summed E-state index contributed by atoms with van der Waals surface area (Å²) in [5.74, 6) is 1.91. The predicted octanol–water partition coefficient (Wildman–Crippen LogP) is 5.03. The minimum absolute atomic E-state index is 0.890. The third-order valence-electron chi connectivity index (χ3n) is 2.82.